The maximum atomic E-state index is 12.7. The van der Waals surface area contributed by atoms with Gasteiger partial charge in [0.15, 0.2) is 0 Å². The highest BCUT2D eigenvalue weighted by Crippen LogP contribution is 2.24. The van der Waals surface area contributed by atoms with E-state index in [-0.39, 0.29) is 29.3 Å². The van der Waals surface area contributed by atoms with Crippen molar-refractivity contribution in [1.29, 1.82) is 0 Å². The van der Waals surface area contributed by atoms with Crippen LogP contribution in [0, 0.1) is 0 Å². The molecule has 0 fully saturated rings. The van der Waals surface area contributed by atoms with Gasteiger partial charge in [0.2, 0.25) is 0 Å². The minimum Gasteiger partial charge on any atom is -0.385 e. The molecule has 3 amide bonds. The van der Waals surface area contributed by atoms with E-state index in [1.165, 1.54) is 16.5 Å². The lowest BCUT2D eigenvalue weighted by atomic mass is 10.0. The van der Waals surface area contributed by atoms with Gasteiger partial charge in [-0.05, 0) is 49.1 Å². The third-order valence-electron chi connectivity index (χ3n) is 5.20. The number of aryl methyl sites for hydroxylation is 1. The summed E-state index contributed by atoms with van der Waals surface area (Å²) in [5, 5.41) is 2.95. The highest BCUT2D eigenvalue weighted by molar-refractivity contribution is 6.22. The van der Waals surface area contributed by atoms with E-state index in [1.54, 1.807) is 19.2 Å². The Labute approximate surface area is 170 Å². The zero-order valence-electron chi connectivity index (χ0n) is 17.0. The van der Waals surface area contributed by atoms with E-state index in [1.807, 2.05) is 19.1 Å². The van der Waals surface area contributed by atoms with E-state index in [0.29, 0.717) is 30.7 Å². The summed E-state index contributed by atoms with van der Waals surface area (Å²) in [5.74, 6) is -0.964. The van der Waals surface area contributed by atoms with E-state index in [0.717, 1.165) is 12.0 Å². The molecule has 0 saturated heterocycles. The molecular formula is C23H26N2O4. The summed E-state index contributed by atoms with van der Waals surface area (Å²) < 4.78 is 4.98. The van der Waals surface area contributed by atoms with Gasteiger partial charge in [-0.25, -0.2) is 0 Å². The Bertz CT molecular complexity index is 921. The minimum absolute atomic E-state index is 0.176. The Hall–Kier alpha value is -2.99. The van der Waals surface area contributed by atoms with Crippen LogP contribution in [0.5, 0.6) is 0 Å². The molecular weight excluding hydrogens is 368 g/mol. The second kappa shape index (κ2) is 9.01. The third kappa shape index (κ3) is 4.38. The fourth-order valence-corrected chi connectivity index (χ4v) is 3.41. The van der Waals surface area contributed by atoms with E-state index in [2.05, 4.69) is 24.4 Å². The van der Waals surface area contributed by atoms with Crippen molar-refractivity contribution in [3.8, 4) is 0 Å². The summed E-state index contributed by atoms with van der Waals surface area (Å²) in [5.41, 5.74) is 3.23. The number of carbonyl (C=O) groups excluding carboxylic acids is 3. The minimum atomic E-state index is -0.362. The SMILES string of the molecule is CCc1ccc([C@H](C)NC(=O)c2ccc3c(c2)C(=O)N(CCCOC)C3=O)cc1. The molecule has 1 heterocycles. The Balaban J connectivity index is 1.72. The number of hydrogen-bond acceptors (Lipinski definition) is 4. The molecule has 1 atom stereocenters. The molecule has 29 heavy (non-hydrogen) atoms. The van der Waals surface area contributed by atoms with Crippen LogP contribution in [0.3, 0.4) is 0 Å². The number of nitrogens with one attached hydrogen (secondary N) is 1. The molecule has 0 unspecified atom stereocenters. The van der Waals surface area contributed by atoms with Crippen molar-refractivity contribution in [2.45, 2.75) is 32.7 Å². The van der Waals surface area contributed by atoms with Crippen LogP contribution in [-0.4, -0.2) is 42.9 Å². The first-order valence-corrected chi connectivity index (χ1v) is 9.85. The lowest BCUT2D eigenvalue weighted by Gasteiger charge is -2.15. The van der Waals surface area contributed by atoms with Crippen LogP contribution in [0.15, 0.2) is 42.5 Å². The van der Waals surface area contributed by atoms with Crippen molar-refractivity contribution in [2.24, 2.45) is 0 Å². The summed E-state index contributed by atoms with van der Waals surface area (Å²) in [6.45, 7) is 4.78. The van der Waals surface area contributed by atoms with Crippen molar-refractivity contribution in [3.63, 3.8) is 0 Å². The molecule has 0 spiro atoms. The molecule has 3 rings (SSSR count). The number of carbonyl (C=O) groups is 3. The zero-order chi connectivity index (χ0) is 21.0. The van der Waals surface area contributed by atoms with Gasteiger partial charge in [0, 0.05) is 25.8 Å². The summed E-state index contributed by atoms with van der Waals surface area (Å²) in [7, 11) is 1.58. The summed E-state index contributed by atoms with van der Waals surface area (Å²) in [6, 6.07) is 12.6. The first kappa shape index (κ1) is 20.7. The molecule has 0 saturated carbocycles. The molecule has 152 valence electrons. The zero-order valence-corrected chi connectivity index (χ0v) is 17.0. The number of fused-ring (bicyclic) bond motifs is 1. The average molecular weight is 394 g/mol. The van der Waals surface area contributed by atoms with Gasteiger partial charge in [-0.2, -0.15) is 0 Å². The Kier molecular flexibility index (Phi) is 6.44. The van der Waals surface area contributed by atoms with Crippen LogP contribution in [0.2, 0.25) is 0 Å². The lowest BCUT2D eigenvalue weighted by Crippen LogP contribution is -2.31. The Morgan fingerprint density at radius 1 is 1.07 bits per heavy atom. The largest absolute Gasteiger partial charge is 0.385 e. The molecule has 0 aromatic heterocycles. The van der Waals surface area contributed by atoms with Gasteiger partial charge in [0.1, 0.15) is 0 Å². The van der Waals surface area contributed by atoms with E-state index >= 15 is 0 Å². The number of amides is 3. The lowest BCUT2D eigenvalue weighted by molar-refractivity contribution is 0.0638. The second-order valence-corrected chi connectivity index (χ2v) is 7.16. The van der Waals surface area contributed by atoms with Gasteiger partial charge in [0.05, 0.1) is 17.2 Å². The standard InChI is InChI=1S/C23H26N2O4/c1-4-16-6-8-17(9-7-16)15(2)24-21(26)18-10-11-19-20(14-18)23(28)25(22(19)27)12-5-13-29-3/h6-11,14-15H,4-5,12-13H2,1-3H3,(H,24,26)/t15-/m0/s1. The highest BCUT2D eigenvalue weighted by atomic mass is 16.5. The molecule has 0 aliphatic carbocycles. The summed E-state index contributed by atoms with van der Waals surface area (Å²) >= 11 is 0. The van der Waals surface area contributed by atoms with E-state index in [9.17, 15) is 14.4 Å². The molecule has 1 aliphatic rings. The van der Waals surface area contributed by atoms with E-state index < -0.39 is 0 Å². The molecule has 0 radical (unpaired) electrons. The number of nitrogens with zero attached hydrogens (tertiary/aromatic N) is 1. The number of rotatable bonds is 8. The quantitative estimate of drug-likeness (QED) is 0.550. The van der Waals surface area contributed by atoms with Crippen LogP contribution in [-0.2, 0) is 11.2 Å². The molecule has 6 heteroatoms. The predicted molar refractivity (Wildman–Crippen MR) is 110 cm³/mol. The van der Waals surface area contributed by atoms with Gasteiger partial charge in [0.25, 0.3) is 17.7 Å². The van der Waals surface area contributed by atoms with Gasteiger partial charge in [-0.3, -0.25) is 19.3 Å². The first-order valence-electron chi connectivity index (χ1n) is 9.85. The number of methoxy groups -OCH3 is 1. The smallest absolute Gasteiger partial charge is 0.261 e. The highest BCUT2D eigenvalue weighted by Gasteiger charge is 2.35. The maximum absolute atomic E-state index is 12.7. The second-order valence-electron chi connectivity index (χ2n) is 7.16. The number of imide groups is 1. The average Bonchev–Trinajstić information content (AvgIpc) is 2.98. The summed E-state index contributed by atoms with van der Waals surface area (Å²) in [4.78, 5) is 39.0. The van der Waals surface area contributed by atoms with Crippen LogP contribution < -0.4 is 5.32 Å². The van der Waals surface area contributed by atoms with Crippen molar-refractivity contribution in [3.05, 3.63) is 70.3 Å². The fourth-order valence-electron chi connectivity index (χ4n) is 3.41. The number of hydrogen-bond donors (Lipinski definition) is 1. The van der Waals surface area contributed by atoms with Gasteiger partial charge in [-0.15, -0.1) is 0 Å². The Morgan fingerprint density at radius 2 is 1.76 bits per heavy atom. The topological polar surface area (TPSA) is 75.7 Å². The molecule has 6 nitrogen and oxygen atoms in total. The number of benzene rings is 2. The molecule has 2 aromatic rings. The molecule has 0 bridgehead atoms. The maximum Gasteiger partial charge on any atom is 0.261 e. The summed E-state index contributed by atoms with van der Waals surface area (Å²) in [6.07, 6.45) is 1.54. The normalized spacial score (nSPS) is 14.1. The molecule has 2 aromatic carbocycles. The fraction of sp³-hybridized carbons (Fsp3) is 0.348. The van der Waals surface area contributed by atoms with Gasteiger partial charge >= 0.3 is 0 Å². The van der Waals surface area contributed by atoms with Crippen LogP contribution >= 0.6 is 0 Å². The van der Waals surface area contributed by atoms with Crippen molar-refractivity contribution < 1.29 is 19.1 Å². The van der Waals surface area contributed by atoms with Crippen LogP contribution in [0.25, 0.3) is 0 Å². The van der Waals surface area contributed by atoms with Gasteiger partial charge < -0.3 is 10.1 Å². The van der Waals surface area contributed by atoms with Crippen LogP contribution in [0.1, 0.15) is 68.5 Å². The first-order chi connectivity index (χ1) is 14.0. The van der Waals surface area contributed by atoms with Crippen molar-refractivity contribution in [2.75, 3.05) is 20.3 Å². The van der Waals surface area contributed by atoms with E-state index in [4.69, 9.17) is 4.74 Å². The molecule has 1 N–H and O–H groups in total. The monoisotopic (exact) mass is 394 g/mol. The third-order valence-corrected chi connectivity index (χ3v) is 5.20. The van der Waals surface area contributed by atoms with Crippen molar-refractivity contribution >= 4 is 17.7 Å². The number of ether oxygens (including phenoxy) is 1. The van der Waals surface area contributed by atoms with Crippen LogP contribution in [0.4, 0.5) is 0 Å². The van der Waals surface area contributed by atoms with Crippen molar-refractivity contribution in [1.82, 2.24) is 10.2 Å². The Morgan fingerprint density at radius 3 is 2.41 bits per heavy atom. The molecule has 1 aliphatic heterocycles. The van der Waals surface area contributed by atoms with Gasteiger partial charge in [-0.1, -0.05) is 31.2 Å². The predicted octanol–water partition coefficient (Wildman–Crippen LogP) is 3.37.